The molecule has 1 aliphatic rings. The van der Waals surface area contributed by atoms with Crippen molar-refractivity contribution in [2.45, 2.75) is 45.6 Å². The van der Waals surface area contributed by atoms with E-state index in [1.165, 1.54) is 0 Å². The Morgan fingerprint density at radius 3 is 2.62 bits per heavy atom. The van der Waals surface area contributed by atoms with E-state index in [0.717, 1.165) is 19.3 Å². The van der Waals surface area contributed by atoms with Crippen molar-refractivity contribution in [3.8, 4) is 0 Å². The monoisotopic (exact) mass is 225 g/mol. The number of amides is 1. The first-order chi connectivity index (χ1) is 7.44. The van der Waals surface area contributed by atoms with Gasteiger partial charge in [-0.15, -0.1) is 0 Å². The molecule has 0 heterocycles. The Kier molecular flexibility index (Phi) is 4.54. The average molecular weight is 225 g/mol. The number of allylic oxidation sites excluding steroid dienone is 2. The summed E-state index contributed by atoms with van der Waals surface area (Å²) in [7, 11) is 0. The SMILES string of the molecule is CCN(CC(C)(C)O)C(=O)[C@@H]1CC=CCC1. The third-order valence-electron chi connectivity index (χ3n) is 2.89. The lowest BCUT2D eigenvalue weighted by Crippen LogP contribution is -2.44. The van der Waals surface area contributed by atoms with Gasteiger partial charge in [0.1, 0.15) is 0 Å². The second-order valence-electron chi connectivity index (χ2n) is 5.15. The molecule has 0 aromatic rings. The fourth-order valence-corrected chi connectivity index (χ4v) is 2.09. The molecule has 0 saturated carbocycles. The van der Waals surface area contributed by atoms with Crippen molar-refractivity contribution in [3.63, 3.8) is 0 Å². The summed E-state index contributed by atoms with van der Waals surface area (Å²) < 4.78 is 0. The quantitative estimate of drug-likeness (QED) is 0.743. The molecule has 0 aromatic carbocycles. The van der Waals surface area contributed by atoms with Crippen molar-refractivity contribution < 1.29 is 9.90 Å². The van der Waals surface area contributed by atoms with E-state index in [2.05, 4.69) is 12.2 Å². The fourth-order valence-electron chi connectivity index (χ4n) is 2.09. The van der Waals surface area contributed by atoms with Crippen LogP contribution in [0.4, 0.5) is 0 Å². The minimum Gasteiger partial charge on any atom is -0.389 e. The standard InChI is InChI=1S/C13H23NO2/c1-4-14(10-13(2,3)16)12(15)11-8-6-5-7-9-11/h5-6,11,16H,4,7-10H2,1-3H3/t11-/m1/s1. The third kappa shape index (κ3) is 3.97. The largest absolute Gasteiger partial charge is 0.389 e. The van der Waals surface area contributed by atoms with Crippen LogP contribution in [-0.4, -0.2) is 34.6 Å². The van der Waals surface area contributed by atoms with Gasteiger partial charge in [0, 0.05) is 19.0 Å². The number of hydrogen-bond acceptors (Lipinski definition) is 2. The van der Waals surface area contributed by atoms with Gasteiger partial charge in [-0.25, -0.2) is 0 Å². The highest BCUT2D eigenvalue weighted by atomic mass is 16.3. The van der Waals surface area contributed by atoms with Crippen LogP contribution >= 0.6 is 0 Å². The summed E-state index contributed by atoms with van der Waals surface area (Å²) in [5.41, 5.74) is -0.809. The van der Waals surface area contributed by atoms with Gasteiger partial charge in [0.25, 0.3) is 0 Å². The minimum atomic E-state index is -0.809. The molecule has 0 unspecified atom stereocenters. The van der Waals surface area contributed by atoms with Crippen LogP contribution in [0.1, 0.15) is 40.0 Å². The second-order valence-corrected chi connectivity index (χ2v) is 5.15. The smallest absolute Gasteiger partial charge is 0.226 e. The Labute approximate surface area is 98.1 Å². The van der Waals surface area contributed by atoms with Crippen molar-refractivity contribution in [1.82, 2.24) is 4.90 Å². The number of aliphatic hydroxyl groups is 1. The Morgan fingerprint density at radius 1 is 1.50 bits per heavy atom. The van der Waals surface area contributed by atoms with Gasteiger partial charge in [-0.05, 0) is 40.0 Å². The zero-order valence-corrected chi connectivity index (χ0v) is 10.6. The van der Waals surface area contributed by atoms with Gasteiger partial charge in [-0.3, -0.25) is 4.79 Å². The van der Waals surface area contributed by atoms with Crippen LogP contribution in [-0.2, 0) is 4.79 Å². The summed E-state index contributed by atoms with van der Waals surface area (Å²) in [6.45, 7) is 6.53. The topological polar surface area (TPSA) is 40.5 Å². The first-order valence-electron chi connectivity index (χ1n) is 6.10. The number of hydrogen-bond donors (Lipinski definition) is 1. The average Bonchev–Trinajstić information content (AvgIpc) is 2.25. The molecule has 1 aliphatic carbocycles. The summed E-state index contributed by atoms with van der Waals surface area (Å²) in [4.78, 5) is 14.0. The number of carbonyl (C=O) groups is 1. The molecule has 0 aliphatic heterocycles. The van der Waals surface area contributed by atoms with Gasteiger partial charge in [0.15, 0.2) is 0 Å². The van der Waals surface area contributed by atoms with Gasteiger partial charge < -0.3 is 10.0 Å². The first kappa shape index (κ1) is 13.2. The lowest BCUT2D eigenvalue weighted by atomic mass is 9.92. The summed E-state index contributed by atoms with van der Waals surface area (Å²) in [5.74, 6) is 0.307. The Balaban J connectivity index is 2.58. The van der Waals surface area contributed by atoms with Crippen LogP contribution < -0.4 is 0 Å². The number of rotatable bonds is 4. The molecule has 3 heteroatoms. The highest BCUT2D eigenvalue weighted by molar-refractivity contribution is 5.79. The van der Waals surface area contributed by atoms with Crippen molar-refractivity contribution in [2.24, 2.45) is 5.92 Å². The van der Waals surface area contributed by atoms with Crippen LogP contribution in [0.3, 0.4) is 0 Å². The van der Waals surface area contributed by atoms with Crippen molar-refractivity contribution in [3.05, 3.63) is 12.2 Å². The van der Waals surface area contributed by atoms with E-state index in [0.29, 0.717) is 13.1 Å². The zero-order valence-electron chi connectivity index (χ0n) is 10.6. The number of nitrogens with zero attached hydrogens (tertiary/aromatic N) is 1. The first-order valence-corrected chi connectivity index (χ1v) is 6.10. The van der Waals surface area contributed by atoms with Crippen molar-refractivity contribution in [1.29, 1.82) is 0 Å². The minimum absolute atomic E-state index is 0.118. The second kappa shape index (κ2) is 5.48. The van der Waals surface area contributed by atoms with E-state index in [1.807, 2.05) is 6.92 Å². The highest BCUT2D eigenvalue weighted by Gasteiger charge is 2.27. The molecule has 92 valence electrons. The Bertz CT molecular complexity index is 266. The molecular formula is C13H23NO2. The molecule has 3 nitrogen and oxygen atoms in total. The molecule has 0 bridgehead atoms. The maximum atomic E-state index is 12.2. The molecule has 1 amide bonds. The van der Waals surface area contributed by atoms with Crippen LogP contribution in [0.25, 0.3) is 0 Å². The molecule has 16 heavy (non-hydrogen) atoms. The normalized spacial score (nSPS) is 20.9. The number of likely N-dealkylation sites (N-methyl/N-ethyl adjacent to an activating group) is 1. The fraction of sp³-hybridized carbons (Fsp3) is 0.769. The molecule has 0 spiro atoms. The molecule has 0 aromatic heterocycles. The van der Waals surface area contributed by atoms with E-state index in [1.54, 1.807) is 18.7 Å². The molecule has 1 N–H and O–H groups in total. The maximum Gasteiger partial charge on any atom is 0.226 e. The molecule has 0 fully saturated rings. The van der Waals surface area contributed by atoms with E-state index >= 15 is 0 Å². The van der Waals surface area contributed by atoms with Crippen LogP contribution in [0.15, 0.2) is 12.2 Å². The predicted molar refractivity (Wildman–Crippen MR) is 65.0 cm³/mol. The highest BCUT2D eigenvalue weighted by Crippen LogP contribution is 2.21. The lowest BCUT2D eigenvalue weighted by Gasteiger charge is -2.31. The van der Waals surface area contributed by atoms with Crippen molar-refractivity contribution in [2.75, 3.05) is 13.1 Å². The molecular weight excluding hydrogens is 202 g/mol. The summed E-state index contributed by atoms with van der Waals surface area (Å²) >= 11 is 0. The number of carbonyl (C=O) groups excluding carboxylic acids is 1. The zero-order chi connectivity index (χ0) is 12.2. The molecule has 1 rings (SSSR count). The van der Waals surface area contributed by atoms with Gasteiger partial charge in [-0.2, -0.15) is 0 Å². The summed E-state index contributed by atoms with van der Waals surface area (Å²) in [6.07, 6.45) is 7.01. The predicted octanol–water partition coefficient (Wildman–Crippen LogP) is 1.96. The molecule has 1 atom stereocenters. The van der Waals surface area contributed by atoms with Crippen LogP contribution in [0, 0.1) is 5.92 Å². The van der Waals surface area contributed by atoms with E-state index in [-0.39, 0.29) is 11.8 Å². The molecule has 0 radical (unpaired) electrons. The summed E-state index contributed by atoms with van der Waals surface area (Å²) in [5, 5.41) is 9.76. The van der Waals surface area contributed by atoms with Gasteiger partial charge >= 0.3 is 0 Å². The third-order valence-corrected chi connectivity index (χ3v) is 2.89. The van der Waals surface area contributed by atoms with E-state index in [4.69, 9.17) is 0 Å². The van der Waals surface area contributed by atoms with Gasteiger partial charge in [0.05, 0.1) is 5.60 Å². The van der Waals surface area contributed by atoms with Crippen LogP contribution in [0.5, 0.6) is 0 Å². The maximum absolute atomic E-state index is 12.2. The Morgan fingerprint density at radius 2 is 2.19 bits per heavy atom. The van der Waals surface area contributed by atoms with E-state index in [9.17, 15) is 9.90 Å². The lowest BCUT2D eigenvalue weighted by molar-refractivity contribution is -0.138. The Hall–Kier alpha value is -0.830. The summed E-state index contributed by atoms with van der Waals surface area (Å²) in [6, 6.07) is 0. The molecule has 0 saturated heterocycles. The van der Waals surface area contributed by atoms with Crippen LogP contribution in [0.2, 0.25) is 0 Å². The van der Waals surface area contributed by atoms with Crippen molar-refractivity contribution >= 4 is 5.91 Å². The van der Waals surface area contributed by atoms with Gasteiger partial charge in [-0.1, -0.05) is 12.2 Å². The van der Waals surface area contributed by atoms with Gasteiger partial charge in [0.2, 0.25) is 5.91 Å². The van der Waals surface area contributed by atoms with E-state index < -0.39 is 5.60 Å².